The maximum absolute atomic E-state index is 6.07. The molecule has 0 aromatic heterocycles. The molecule has 3 heteroatoms. The van der Waals surface area contributed by atoms with Gasteiger partial charge in [-0.15, -0.1) is 11.6 Å². The van der Waals surface area contributed by atoms with Gasteiger partial charge in [-0.1, -0.05) is 31.0 Å². The minimum atomic E-state index is 0.203. The van der Waals surface area contributed by atoms with Gasteiger partial charge < -0.3 is 4.74 Å². The summed E-state index contributed by atoms with van der Waals surface area (Å²) in [5.74, 6) is 1.22. The van der Waals surface area contributed by atoms with Crippen molar-refractivity contribution in [2.45, 2.75) is 38.7 Å². The molecular formula is C12H16Cl2O. The molecule has 1 aromatic carbocycles. The quantitative estimate of drug-likeness (QED) is 0.688. The Morgan fingerprint density at radius 2 is 2.13 bits per heavy atom. The fourth-order valence-electron chi connectivity index (χ4n) is 1.41. The predicted molar refractivity (Wildman–Crippen MR) is 66.0 cm³/mol. The molecule has 15 heavy (non-hydrogen) atoms. The smallest absolute Gasteiger partial charge is 0.138 e. The lowest BCUT2D eigenvalue weighted by atomic mass is 10.2. The summed E-state index contributed by atoms with van der Waals surface area (Å²) in [4.78, 5) is 0. The molecule has 0 saturated carbocycles. The van der Waals surface area contributed by atoms with E-state index < -0.39 is 0 Å². The molecule has 0 heterocycles. The Labute approximate surface area is 101 Å². The van der Waals surface area contributed by atoms with Gasteiger partial charge in [0.15, 0.2) is 0 Å². The van der Waals surface area contributed by atoms with Gasteiger partial charge in [0.25, 0.3) is 0 Å². The summed E-state index contributed by atoms with van der Waals surface area (Å²) in [6.45, 7) is 4.19. The van der Waals surface area contributed by atoms with Crippen molar-refractivity contribution in [2.75, 3.05) is 0 Å². The average Bonchev–Trinajstić information content (AvgIpc) is 2.21. The maximum Gasteiger partial charge on any atom is 0.138 e. The lowest BCUT2D eigenvalue weighted by Gasteiger charge is -2.15. The second-order valence-corrected chi connectivity index (χ2v) is 4.29. The number of halogens is 2. The van der Waals surface area contributed by atoms with Crippen LogP contribution in [0, 0.1) is 0 Å². The highest BCUT2D eigenvalue weighted by Gasteiger charge is 2.07. The highest BCUT2D eigenvalue weighted by atomic mass is 35.5. The highest BCUT2D eigenvalue weighted by molar-refractivity contribution is 6.32. The molecule has 0 radical (unpaired) electrons. The van der Waals surface area contributed by atoms with E-state index >= 15 is 0 Å². The van der Waals surface area contributed by atoms with Gasteiger partial charge in [0.2, 0.25) is 0 Å². The van der Waals surface area contributed by atoms with Gasteiger partial charge in [-0.05, 0) is 31.0 Å². The van der Waals surface area contributed by atoms with Gasteiger partial charge in [0, 0.05) is 5.88 Å². The fourth-order valence-corrected chi connectivity index (χ4v) is 1.82. The number of ether oxygens (including phenoxy) is 1. The number of hydrogen-bond donors (Lipinski definition) is 0. The van der Waals surface area contributed by atoms with Crippen LogP contribution in [0.2, 0.25) is 5.02 Å². The Morgan fingerprint density at radius 1 is 1.40 bits per heavy atom. The lowest BCUT2D eigenvalue weighted by molar-refractivity contribution is 0.210. The largest absolute Gasteiger partial charge is 0.489 e. The first-order valence-corrected chi connectivity index (χ1v) is 6.09. The van der Waals surface area contributed by atoms with Crippen LogP contribution in [0.3, 0.4) is 0 Å². The molecule has 1 rings (SSSR count). The minimum absolute atomic E-state index is 0.203. The maximum atomic E-state index is 6.07. The van der Waals surface area contributed by atoms with Crippen LogP contribution >= 0.6 is 23.2 Å². The Kier molecular flexibility index (Phi) is 5.27. The van der Waals surface area contributed by atoms with E-state index in [1.54, 1.807) is 0 Å². The van der Waals surface area contributed by atoms with Gasteiger partial charge in [-0.25, -0.2) is 0 Å². The minimum Gasteiger partial charge on any atom is -0.489 e. The molecule has 1 atom stereocenters. The third kappa shape index (κ3) is 3.92. The zero-order valence-corrected chi connectivity index (χ0v) is 10.6. The van der Waals surface area contributed by atoms with Crippen LogP contribution < -0.4 is 4.74 Å². The summed E-state index contributed by atoms with van der Waals surface area (Å²) in [5, 5.41) is 0.635. The summed E-state index contributed by atoms with van der Waals surface area (Å²) in [5.41, 5.74) is 1.01. The van der Waals surface area contributed by atoms with E-state index in [2.05, 4.69) is 13.8 Å². The molecule has 1 nitrogen and oxygen atoms in total. The van der Waals surface area contributed by atoms with E-state index in [-0.39, 0.29) is 6.10 Å². The van der Waals surface area contributed by atoms with E-state index in [0.29, 0.717) is 10.9 Å². The first-order valence-electron chi connectivity index (χ1n) is 5.18. The first-order chi connectivity index (χ1) is 7.17. The molecule has 1 unspecified atom stereocenters. The van der Waals surface area contributed by atoms with Crippen LogP contribution in [0.4, 0.5) is 0 Å². The SMILES string of the molecule is CCCC(C)Oc1ccc(CCl)cc1Cl. The third-order valence-electron chi connectivity index (χ3n) is 2.17. The number of benzene rings is 1. The molecule has 0 aliphatic heterocycles. The normalized spacial score (nSPS) is 12.5. The molecule has 0 N–H and O–H groups in total. The van der Waals surface area contributed by atoms with Crippen molar-refractivity contribution in [1.82, 2.24) is 0 Å². The second-order valence-electron chi connectivity index (χ2n) is 3.62. The van der Waals surface area contributed by atoms with Gasteiger partial charge in [0.05, 0.1) is 11.1 Å². The molecule has 0 amide bonds. The molecule has 0 bridgehead atoms. The summed E-state index contributed by atoms with van der Waals surface area (Å²) < 4.78 is 5.71. The third-order valence-corrected chi connectivity index (χ3v) is 2.78. The van der Waals surface area contributed by atoms with Crippen LogP contribution in [0.5, 0.6) is 5.75 Å². The Hall–Kier alpha value is -0.400. The fraction of sp³-hybridized carbons (Fsp3) is 0.500. The molecule has 0 aliphatic carbocycles. The van der Waals surface area contributed by atoms with Crippen molar-refractivity contribution >= 4 is 23.2 Å². The summed E-state index contributed by atoms with van der Waals surface area (Å²) >= 11 is 11.8. The topological polar surface area (TPSA) is 9.23 Å². The van der Waals surface area contributed by atoms with Crippen LogP contribution in [-0.2, 0) is 5.88 Å². The average molecular weight is 247 g/mol. The number of rotatable bonds is 5. The molecule has 0 spiro atoms. The van der Waals surface area contributed by atoms with Crippen LogP contribution in [0.25, 0.3) is 0 Å². The first kappa shape index (κ1) is 12.7. The van der Waals surface area contributed by atoms with Crippen LogP contribution in [0.1, 0.15) is 32.3 Å². The summed E-state index contributed by atoms with van der Waals surface area (Å²) in [6.07, 6.45) is 2.35. The molecule has 0 aliphatic rings. The number of hydrogen-bond acceptors (Lipinski definition) is 1. The molecule has 0 saturated heterocycles. The van der Waals surface area contributed by atoms with Gasteiger partial charge in [-0.2, -0.15) is 0 Å². The monoisotopic (exact) mass is 246 g/mol. The Balaban J connectivity index is 2.69. The zero-order valence-electron chi connectivity index (χ0n) is 9.09. The van der Waals surface area contributed by atoms with Crippen molar-refractivity contribution < 1.29 is 4.74 Å². The van der Waals surface area contributed by atoms with E-state index in [0.717, 1.165) is 24.2 Å². The summed E-state index contributed by atoms with van der Waals surface area (Å²) in [7, 11) is 0. The Morgan fingerprint density at radius 3 is 2.67 bits per heavy atom. The number of alkyl halides is 1. The van der Waals surface area contributed by atoms with Crippen molar-refractivity contribution in [1.29, 1.82) is 0 Å². The van der Waals surface area contributed by atoms with Gasteiger partial charge >= 0.3 is 0 Å². The van der Waals surface area contributed by atoms with E-state index in [1.807, 2.05) is 18.2 Å². The predicted octanol–water partition coefficient (Wildman–Crippen LogP) is 4.65. The van der Waals surface area contributed by atoms with Crippen molar-refractivity contribution in [2.24, 2.45) is 0 Å². The standard InChI is InChI=1S/C12H16Cl2O/c1-3-4-9(2)15-12-6-5-10(8-13)7-11(12)14/h5-7,9H,3-4,8H2,1-2H3. The second kappa shape index (κ2) is 6.24. The Bertz CT molecular complexity index is 312. The van der Waals surface area contributed by atoms with E-state index in [9.17, 15) is 0 Å². The summed E-state index contributed by atoms with van der Waals surface area (Å²) in [6, 6.07) is 5.67. The van der Waals surface area contributed by atoms with E-state index in [1.165, 1.54) is 0 Å². The molecular weight excluding hydrogens is 231 g/mol. The van der Waals surface area contributed by atoms with Crippen LogP contribution in [0.15, 0.2) is 18.2 Å². The molecule has 1 aromatic rings. The van der Waals surface area contributed by atoms with Crippen LogP contribution in [-0.4, -0.2) is 6.10 Å². The van der Waals surface area contributed by atoms with E-state index in [4.69, 9.17) is 27.9 Å². The van der Waals surface area contributed by atoms with Gasteiger partial charge in [-0.3, -0.25) is 0 Å². The van der Waals surface area contributed by atoms with Crippen molar-refractivity contribution in [3.05, 3.63) is 28.8 Å². The zero-order chi connectivity index (χ0) is 11.3. The molecule has 84 valence electrons. The van der Waals surface area contributed by atoms with Crippen molar-refractivity contribution in [3.63, 3.8) is 0 Å². The lowest BCUT2D eigenvalue weighted by Crippen LogP contribution is -2.11. The van der Waals surface area contributed by atoms with Gasteiger partial charge in [0.1, 0.15) is 5.75 Å². The highest BCUT2D eigenvalue weighted by Crippen LogP contribution is 2.27. The van der Waals surface area contributed by atoms with Crippen molar-refractivity contribution in [3.8, 4) is 5.75 Å². The molecule has 0 fully saturated rings.